The molecule has 0 atom stereocenters. The van der Waals surface area contributed by atoms with Gasteiger partial charge in [-0.1, -0.05) is 23.2 Å². The maximum absolute atomic E-state index is 12.8. The predicted molar refractivity (Wildman–Crippen MR) is 86.6 cm³/mol. The second-order valence-corrected chi connectivity index (χ2v) is 6.26. The fourth-order valence-electron chi connectivity index (χ4n) is 2.71. The van der Waals surface area contributed by atoms with E-state index in [0.29, 0.717) is 29.8 Å². The molecule has 3 rings (SSSR count). The topological polar surface area (TPSA) is 71.1 Å². The molecule has 1 fully saturated rings. The summed E-state index contributed by atoms with van der Waals surface area (Å²) in [6.45, 7) is 1.69. The third kappa shape index (κ3) is 4.02. The predicted octanol–water partition coefficient (Wildman–Crippen LogP) is 2.93. The van der Waals surface area contributed by atoms with Gasteiger partial charge < -0.3 is 9.64 Å². The number of carbonyl (C=O) groups is 1. The van der Waals surface area contributed by atoms with Gasteiger partial charge in [-0.15, -0.1) is 0 Å². The number of nitrogens with zero attached hydrogens (tertiary/aromatic N) is 3. The quantitative estimate of drug-likeness (QED) is 0.916. The number of H-pyrrole nitrogens is 1. The maximum Gasteiger partial charge on any atom is 0.291 e. The number of halogens is 2. The van der Waals surface area contributed by atoms with Crippen LogP contribution in [0.4, 0.5) is 0 Å². The van der Waals surface area contributed by atoms with Crippen LogP contribution in [-0.2, 0) is 11.3 Å². The summed E-state index contributed by atoms with van der Waals surface area (Å²) in [5, 5.41) is 7.48. The van der Waals surface area contributed by atoms with Gasteiger partial charge in [0.25, 0.3) is 5.91 Å². The van der Waals surface area contributed by atoms with Gasteiger partial charge in [-0.3, -0.25) is 9.89 Å². The van der Waals surface area contributed by atoms with Crippen molar-refractivity contribution >= 4 is 29.1 Å². The van der Waals surface area contributed by atoms with Crippen molar-refractivity contribution in [1.82, 2.24) is 20.1 Å². The zero-order valence-corrected chi connectivity index (χ0v) is 13.8. The lowest BCUT2D eigenvalue weighted by molar-refractivity contribution is 0.0260. The molecule has 1 amide bonds. The summed E-state index contributed by atoms with van der Waals surface area (Å²) >= 11 is 12.1. The lowest BCUT2D eigenvalue weighted by atomic mass is 10.1. The minimum atomic E-state index is -0.189. The first kappa shape index (κ1) is 16.2. The molecule has 1 aliphatic rings. The largest absolute Gasteiger partial charge is 0.381 e. The molecule has 6 nitrogen and oxygen atoms in total. The van der Waals surface area contributed by atoms with E-state index < -0.39 is 0 Å². The number of carbonyl (C=O) groups excluding carboxylic acids is 1. The van der Waals surface area contributed by atoms with Gasteiger partial charge in [0.2, 0.25) is 5.82 Å². The van der Waals surface area contributed by atoms with Crippen LogP contribution < -0.4 is 0 Å². The molecule has 1 aromatic heterocycles. The van der Waals surface area contributed by atoms with E-state index in [2.05, 4.69) is 15.2 Å². The summed E-state index contributed by atoms with van der Waals surface area (Å²) < 4.78 is 5.39. The fourth-order valence-corrected chi connectivity index (χ4v) is 3.28. The SMILES string of the molecule is O=C(c1ncn[nH]1)N(Cc1cc(Cl)cc(Cl)c1)C1CCOCC1. The Morgan fingerprint density at radius 2 is 1.96 bits per heavy atom. The Kier molecular flexibility index (Phi) is 5.15. The first-order valence-electron chi connectivity index (χ1n) is 7.32. The second kappa shape index (κ2) is 7.29. The average molecular weight is 355 g/mol. The molecule has 0 bridgehead atoms. The first-order chi connectivity index (χ1) is 11.1. The van der Waals surface area contributed by atoms with Gasteiger partial charge in [-0.05, 0) is 36.6 Å². The summed E-state index contributed by atoms with van der Waals surface area (Å²) in [5.74, 6) is 0.0371. The van der Waals surface area contributed by atoms with Crippen LogP contribution in [0.3, 0.4) is 0 Å². The van der Waals surface area contributed by atoms with Crippen LogP contribution in [0, 0.1) is 0 Å². The number of benzene rings is 1. The Morgan fingerprint density at radius 1 is 1.26 bits per heavy atom. The van der Waals surface area contributed by atoms with E-state index in [-0.39, 0.29) is 17.8 Å². The molecule has 0 unspecified atom stereocenters. The van der Waals surface area contributed by atoms with Crippen LogP contribution in [0.15, 0.2) is 24.5 Å². The van der Waals surface area contributed by atoms with E-state index in [1.807, 2.05) is 12.1 Å². The van der Waals surface area contributed by atoms with E-state index in [4.69, 9.17) is 27.9 Å². The molecule has 1 saturated heterocycles. The van der Waals surface area contributed by atoms with Crippen LogP contribution in [0.2, 0.25) is 10.0 Å². The lowest BCUT2D eigenvalue weighted by Gasteiger charge is -2.34. The number of aromatic amines is 1. The highest BCUT2D eigenvalue weighted by Gasteiger charge is 2.28. The smallest absolute Gasteiger partial charge is 0.291 e. The van der Waals surface area contributed by atoms with Crippen molar-refractivity contribution in [3.63, 3.8) is 0 Å². The van der Waals surface area contributed by atoms with Crippen molar-refractivity contribution in [2.45, 2.75) is 25.4 Å². The van der Waals surface area contributed by atoms with Crippen LogP contribution in [-0.4, -0.2) is 45.2 Å². The zero-order chi connectivity index (χ0) is 16.2. The third-order valence-electron chi connectivity index (χ3n) is 3.79. The van der Waals surface area contributed by atoms with Gasteiger partial charge >= 0.3 is 0 Å². The average Bonchev–Trinajstić information content (AvgIpc) is 3.06. The molecule has 2 aromatic rings. The van der Waals surface area contributed by atoms with E-state index in [1.165, 1.54) is 6.33 Å². The number of rotatable bonds is 4. The van der Waals surface area contributed by atoms with Crippen molar-refractivity contribution in [1.29, 1.82) is 0 Å². The summed E-state index contributed by atoms with van der Waals surface area (Å²) in [6.07, 6.45) is 2.90. The number of ether oxygens (including phenoxy) is 1. The normalized spacial score (nSPS) is 15.6. The summed E-state index contributed by atoms with van der Waals surface area (Å²) in [4.78, 5) is 18.5. The fraction of sp³-hybridized carbons (Fsp3) is 0.400. The molecular weight excluding hydrogens is 339 g/mol. The van der Waals surface area contributed by atoms with Gasteiger partial charge in [0.15, 0.2) is 0 Å². The molecular formula is C15H16Cl2N4O2. The molecule has 23 heavy (non-hydrogen) atoms. The van der Waals surface area contributed by atoms with Crippen LogP contribution in [0.5, 0.6) is 0 Å². The molecule has 0 saturated carbocycles. The third-order valence-corrected chi connectivity index (χ3v) is 4.22. The van der Waals surface area contributed by atoms with Crippen molar-refractivity contribution in [3.8, 4) is 0 Å². The molecule has 0 aliphatic carbocycles. The Bertz CT molecular complexity index is 652. The molecule has 1 aromatic carbocycles. The number of hydrogen-bond donors (Lipinski definition) is 1. The number of hydrogen-bond acceptors (Lipinski definition) is 4. The molecule has 0 radical (unpaired) electrons. The van der Waals surface area contributed by atoms with Gasteiger partial charge in [0.1, 0.15) is 6.33 Å². The van der Waals surface area contributed by atoms with Gasteiger partial charge in [0, 0.05) is 35.8 Å². The first-order valence-corrected chi connectivity index (χ1v) is 8.08. The highest BCUT2D eigenvalue weighted by molar-refractivity contribution is 6.34. The van der Waals surface area contributed by atoms with Crippen LogP contribution in [0.1, 0.15) is 29.0 Å². The summed E-state index contributed by atoms with van der Waals surface area (Å²) in [5.41, 5.74) is 0.877. The van der Waals surface area contributed by atoms with Crippen molar-refractivity contribution < 1.29 is 9.53 Å². The number of nitrogens with one attached hydrogen (secondary N) is 1. The Hall–Kier alpha value is -1.63. The highest BCUT2D eigenvalue weighted by atomic mass is 35.5. The van der Waals surface area contributed by atoms with E-state index in [0.717, 1.165) is 18.4 Å². The molecule has 1 aliphatic heterocycles. The van der Waals surface area contributed by atoms with Crippen molar-refractivity contribution in [2.24, 2.45) is 0 Å². The van der Waals surface area contributed by atoms with Gasteiger partial charge in [-0.2, -0.15) is 5.10 Å². The van der Waals surface area contributed by atoms with Crippen molar-refractivity contribution in [3.05, 3.63) is 46.0 Å². The molecule has 1 N–H and O–H groups in total. The maximum atomic E-state index is 12.8. The second-order valence-electron chi connectivity index (χ2n) is 5.39. The summed E-state index contributed by atoms with van der Waals surface area (Å²) in [6, 6.07) is 5.38. The van der Waals surface area contributed by atoms with Crippen LogP contribution in [0.25, 0.3) is 0 Å². The minimum Gasteiger partial charge on any atom is -0.381 e. The number of aromatic nitrogens is 3. The molecule has 122 valence electrons. The Morgan fingerprint density at radius 3 is 2.57 bits per heavy atom. The lowest BCUT2D eigenvalue weighted by Crippen LogP contribution is -2.43. The highest BCUT2D eigenvalue weighted by Crippen LogP contribution is 2.23. The van der Waals surface area contributed by atoms with Crippen LogP contribution >= 0.6 is 23.2 Å². The van der Waals surface area contributed by atoms with Gasteiger partial charge in [-0.25, -0.2) is 4.98 Å². The van der Waals surface area contributed by atoms with Gasteiger partial charge in [0.05, 0.1) is 0 Å². The number of amides is 1. The van der Waals surface area contributed by atoms with E-state index in [9.17, 15) is 4.79 Å². The van der Waals surface area contributed by atoms with Crippen molar-refractivity contribution in [2.75, 3.05) is 13.2 Å². The monoisotopic (exact) mass is 354 g/mol. The minimum absolute atomic E-state index is 0.0825. The molecule has 8 heteroatoms. The summed E-state index contributed by atoms with van der Waals surface area (Å²) in [7, 11) is 0. The van der Waals surface area contributed by atoms with E-state index in [1.54, 1.807) is 11.0 Å². The molecule has 2 heterocycles. The Balaban J connectivity index is 1.86. The Labute approximate surface area is 143 Å². The zero-order valence-electron chi connectivity index (χ0n) is 12.3. The standard InChI is InChI=1S/C15H16Cl2N4O2/c16-11-5-10(6-12(17)7-11)8-21(13-1-3-23-4-2-13)15(22)14-18-9-19-20-14/h5-7,9,13H,1-4,8H2,(H,18,19,20). The molecule has 0 spiro atoms. The van der Waals surface area contributed by atoms with E-state index >= 15 is 0 Å².